The smallest absolute Gasteiger partial charge is 0.157 e. The number of fused-ring (bicyclic) bond motifs is 1. The summed E-state index contributed by atoms with van der Waals surface area (Å²) in [6, 6.07) is 10.5. The molecule has 0 aliphatic rings. The lowest BCUT2D eigenvalue weighted by Crippen LogP contribution is -1.87. The van der Waals surface area contributed by atoms with Crippen LogP contribution in [0, 0.1) is 0 Å². The minimum atomic E-state index is 0.839. The summed E-state index contributed by atoms with van der Waals surface area (Å²) in [5, 5.41) is 0. The third-order valence-corrected chi connectivity index (χ3v) is 3.43. The average molecular weight is 251 g/mol. The molecular weight excluding hydrogens is 234 g/mol. The predicted molar refractivity (Wildman–Crippen MR) is 78.1 cm³/mol. The van der Waals surface area contributed by atoms with Crippen molar-refractivity contribution < 1.29 is 0 Å². The maximum absolute atomic E-state index is 4.60. The van der Waals surface area contributed by atoms with Gasteiger partial charge in [-0.05, 0) is 42.2 Å². The summed E-state index contributed by atoms with van der Waals surface area (Å²) in [5.74, 6) is 0.839. The van der Waals surface area contributed by atoms with Crippen molar-refractivity contribution in [3.63, 3.8) is 0 Å². The number of aryl methyl sites for hydroxylation is 2. The SMILES string of the molecule is CCc1ccc(-c2nc3ccc(CC)cc3[nH]2)nc1. The predicted octanol–water partition coefficient (Wildman–Crippen LogP) is 3.75. The fraction of sp³-hybridized carbons (Fsp3) is 0.250. The zero-order valence-electron chi connectivity index (χ0n) is 11.3. The Bertz CT molecular complexity index is 696. The van der Waals surface area contributed by atoms with Gasteiger partial charge in [0.2, 0.25) is 0 Å². The van der Waals surface area contributed by atoms with Crippen LogP contribution in [0.5, 0.6) is 0 Å². The molecule has 0 aliphatic heterocycles. The Labute approximate surface area is 112 Å². The number of aromatic nitrogens is 3. The van der Waals surface area contributed by atoms with Crippen LogP contribution < -0.4 is 0 Å². The van der Waals surface area contributed by atoms with Crippen molar-refractivity contribution in [3.05, 3.63) is 47.7 Å². The molecule has 0 aliphatic carbocycles. The largest absolute Gasteiger partial charge is 0.337 e. The third kappa shape index (κ3) is 2.24. The van der Waals surface area contributed by atoms with Crippen molar-refractivity contribution in [3.8, 4) is 11.5 Å². The van der Waals surface area contributed by atoms with E-state index in [1.807, 2.05) is 12.3 Å². The molecule has 19 heavy (non-hydrogen) atoms. The van der Waals surface area contributed by atoms with Gasteiger partial charge in [-0.1, -0.05) is 26.0 Å². The number of imidazole rings is 1. The molecule has 0 amide bonds. The van der Waals surface area contributed by atoms with E-state index in [1.54, 1.807) is 0 Å². The van der Waals surface area contributed by atoms with Gasteiger partial charge in [-0.15, -0.1) is 0 Å². The first-order valence-electron chi connectivity index (χ1n) is 6.74. The summed E-state index contributed by atoms with van der Waals surface area (Å²) in [4.78, 5) is 12.4. The van der Waals surface area contributed by atoms with Gasteiger partial charge in [0.25, 0.3) is 0 Å². The van der Waals surface area contributed by atoms with Crippen molar-refractivity contribution in [1.82, 2.24) is 15.0 Å². The van der Waals surface area contributed by atoms with Crippen molar-refractivity contribution in [2.75, 3.05) is 0 Å². The van der Waals surface area contributed by atoms with Gasteiger partial charge in [0.1, 0.15) is 5.69 Å². The van der Waals surface area contributed by atoms with Crippen LogP contribution in [-0.2, 0) is 12.8 Å². The van der Waals surface area contributed by atoms with Crippen molar-refractivity contribution in [2.45, 2.75) is 26.7 Å². The Hall–Kier alpha value is -2.16. The lowest BCUT2D eigenvalue weighted by molar-refractivity contribution is 1.10. The van der Waals surface area contributed by atoms with Crippen LogP contribution in [0.15, 0.2) is 36.5 Å². The molecule has 0 fully saturated rings. The maximum atomic E-state index is 4.60. The van der Waals surface area contributed by atoms with E-state index in [-0.39, 0.29) is 0 Å². The number of nitrogens with zero attached hydrogens (tertiary/aromatic N) is 2. The van der Waals surface area contributed by atoms with Gasteiger partial charge in [-0.2, -0.15) is 0 Å². The summed E-state index contributed by atoms with van der Waals surface area (Å²) in [6.45, 7) is 4.29. The Kier molecular flexibility index (Phi) is 3.03. The highest BCUT2D eigenvalue weighted by Crippen LogP contribution is 2.20. The molecular formula is C16H17N3. The molecule has 0 bridgehead atoms. The van der Waals surface area contributed by atoms with Crippen LogP contribution in [0.25, 0.3) is 22.6 Å². The number of hydrogen-bond acceptors (Lipinski definition) is 2. The van der Waals surface area contributed by atoms with E-state index < -0.39 is 0 Å². The molecule has 3 heteroatoms. The number of nitrogens with one attached hydrogen (secondary N) is 1. The van der Waals surface area contributed by atoms with E-state index in [4.69, 9.17) is 0 Å². The highest BCUT2D eigenvalue weighted by Gasteiger charge is 2.06. The summed E-state index contributed by atoms with van der Waals surface area (Å²) < 4.78 is 0. The third-order valence-electron chi connectivity index (χ3n) is 3.43. The molecule has 3 aromatic rings. The first-order valence-corrected chi connectivity index (χ1v) is 6.74. The van der Waals surface area contributed by atoms with E-state index >= 15 is 0 Å². The van der Waals surface area contributed by atoms with E-state index in [1.165, 1.54) is 11.1 Å². The van der Waals surface area contributed by atoms with Crippen LogP contribution in [0.4, 0.5) is 0 Å². The number of benzene rings is 1. The van der Waals surface area contributed by atoms with E-state index in [2.05, 4.69) is 53.1 Å². The maximum Gasteiger partial charge on any atom is 0.157 e. The first kappa shape index (κ1) is 11.9. The van der Waals surface area contributed by atoms with Crippen LogP contribution in [0.3, 0.4) is 0 Å². The quantitative estimate of drug-likeness (QED) is 0.770. The minimum Gasteiger partial charge on any atom is -0.337 e. The molecule has 0 spiro atoms. The Balaban J connectivity index is 2.04. The van der Waals surface area contributed by atoms with Gasteiger partial charge in [-0.25, -0.2) is 4.98 Å². The molecule has 3 rings (SSSR count). The molecule has 96 valence electrons. The van der Waals surface area contributed by atoms with Crippen molar-refractivity contribution >= 4 is 11.0 Å². The number of H-pyrrole nitrogens is 1. The number of aromatic amines is 1. The van der Waals surface area contributed by atoms with Crippen molar-refractivity contribution in [2.24, 2.45) is 0 Å². The fourth-order valence-electron chi connectivity index (χ4n) is 2.17. The summed E-state index contributed by atoms with van der Waals surface area (Å²) in [7, 11) is 0. The standard InChI is InChI=1S/C16H17N3/c1-3-11-5-7-13-15(9-11)19-16(18-13)14-8-6-12(4-2)10-17-14/h5-10H,3-4H2,1-2H3,(H,18,19). The van der Waals surface area contributed by atoms with Gasteiger partial charge < -0.3 is 4.98 Å². The van der Waals surface area contributed by atoms with E-state index in [0.717, 1.165) is 35.4 Å². The summed E-state index contributed by atoms with van der Waals surface area (Å²) in [6.07, 6.45) is 3.96. The van der Waals surface area contributed by atoms with E-state index in [9.17, 15) is 0 Å². The minimum absolute atomic E-state index is 0.839. The zero-order valence-corrected chi connectivity index (χ0v) is 11.3. The molecule has 2 heterocycles. The zero-order chi connectivity index (χ0) is 13.2. The first-order chi connectivity index (χ1) is 9.30. The van der Waals surface area contributed by atoms with Gasteiger partial charge >= 0.3 is 0 Å². The van der Waals surface area contributed by atoms with Gasteiger partial charge in [0.05, 0.1) is 11.0 Å². The van der Waals surface area contributed by atoms with Crippen molar-refractivity contribution in [1.29, 1.82) is 0 Å². The van der Waals surface area contributed by atoms with Gasteiger partial charge in [0.15, 0.2) is 5.82 Å². The molecule has 0 saturated carbocycles. The number of hydrogen-bond donors (Lipinski definition) is 1. The molecule has 3 nitrogen and oxygen atoms in total. The Morgan fingerprint density at radius 1 is 1.00 bits per heavy atom. The van der Waals surface area contributed by atoms with Gasteiger partial charge in [-0.3, -0.25) is 4.98 Å². The molecule has 0 saturated heterocycles. The van der Waals surface area contributed by atoms with Crippen LogP contribution in [0.1, 0.15) is 25.0 Å². The second-order valence-corrected chi connectivity index (χ2v) is 4.70. The Morgan fingerprint density at radius 3 is 2.47 bits per heavy atom. The molecule has 1 aromatic carbocycles. The second-order valence-electron chi connectivity index (χ2n) is 4.70. The second kappa shape index (κ2) is 4.84. The van der Waals surface area contributed by atoms with Crippen LogP contribution >= 0.6 is 0 Å². The van der Waals surface area contributed by atoms with Gasteiger partial charge in [0, 0.05) is 6.20 Å². The van der Waals surface area contributed by atoms with E-state index in [0.29, 0.717) is 0 Å². The van der Waals surface area contributed by atoms with Crippen LogP contribution in [-0.4, -0.2) is 15.0 Å². The topological polar surface area (TPSA) is 41.6 Å². The molecule has 0 atom stereocenters. The molecule has 2 aromatic heterocycles. The summed E-state index contributed by atoms with van der Waals surface area (Å²) in [5.41, 5.74) is 5.53. The monoisotopic (exact) mass is 251 g/mol. The highest BCUT2D eigenvalue weighted by molar-refractivity contribution is 5.79. The normalized spacial score (nSPS) is 11.1. The Morgan fingerprint density at radius 2 is 1.79 bits per heavy atom. The average Bonchev–Trinajstić information content (AvgIpc) is 2.90. The number of pyridine rings is 1. The number of rotatable bonds is 3. The molecule has 0 radical (unpaired) electrons. The lowest BCUT2D eigenvalue weighted by atomic mass is 10.1. The highest BCUT2D eigenvalue weighted by atomic mass is 14.9. The van der Waals surface area contributed by atoms with Crippen LogP contribution in [0.2, 0.25) is 0 Å². The molecule has 1 N–H and O–H groups in total. The lowest BCUT2D eigenvalue weighted by Gasteiger charge is -1.97. The summed E-state index contributed by atoms with van der Waals surface area (Å²) >= 11 is 0. The fourth-order valence-corrected chi connectivity index (χ4v) is 2.17. The molecule has 0 unspecified atom stereocenters.